The fourth-order valence-electron chi connectivity index (χ4n) is 8.34. The van der Waals surface area contributed by atoms with Crippen molar-refractivity contribution in [3.8, 4) is 0 Å². The zero-order valence-corrected chi connectivity index (χ0v) is 46.5. The van der Waals surface area contributed by atoms with Crippen LogP contribution in [0.4, 0.5) is 4.79 Å². The number of methoxy groups -OCH3 is 1. The first-order chi connectivity index (χ1) is 39.9. The predicted molar refractivity (Wildman–Crippen MR) is 290 cm³/mol. The summed E-state index contributed by atoms with van der Waals surface area (Å²) in [6, 6.07) is 36.7. The van der Waals surface area contributed by atoms with E-state index < -0.39 is 138 Å². The van der Waals surface area contributed by atoms with E-state index in [9.17, 15) is 43.2 Å². The number of alkyl carbamates (subject to hydrolysis) is 1. The molecular formula is C58H55Cl3N2O20. The largest absolute Gasteiger partial charge is 0.467 e. The number of nitrogens with one attached hydrogen (secondary N) is 2. The van der Waals surface area contributed by atoms with E-state index in [0.717, 1.165) is 7.11 Å². The summed E-state index contributed by atoms with van der Waals surface area (Å²) in [5.74, 6) is -8.36. The summed E-state index contributed by atoms with van der Waals surface area (Å²) >= 11 is 18.5. The van der Waals surface area contributed by atoms with Gasteiger partial charge in [0.25, 0.3) is 9.70 Å². The Bertz CT molecular complexity index is 3020. The molecule has 7 rings (SSSR count). The van der Waals surface area contributed by atoms with Crippen LogP contribution in [0.15, 0.2) is 152 Å². The molecule has 2 aliphatic heterocycles. The number of carbonyl (C=O) groups excluding carboxylic acids is 9. The molecule has 2 saturated heterocycles. The molecule has 83 heavy (non-hydrogen) atoms. The van der Waals surface area contributed by atoms with Crippen molar-refractivity contribution in [1.82, 2.24) is 10.6 Å². The summed E-state index contributed by atoms with van der Waals surface area (Å²) in [6.07, 6.45) is -20.0. The quantitative estimate of drug-likeness (QED) is 0.0301. The number of rotatable bonds is 23. The standard InChI is InChI=1S/C58H55Cl3N2O20/c1-34(64)28-29-41(65)78-45-46(80-51(68)38-24-14-6-15-25-38)48(81-52(69)39-26-16-7-17-27-39)55(83-47(45)53(70)73-2)82-44-42(63-56(71)58(59,60)61)54(74-31-30-62-57(72)76-32-35-18-8-3-9-19-35)77-40(33-75-49(66)36-20-10-4-11-21-36)43(44)79-50(67)37-22-12-5-13-23-37/h3-27,40,42-48,54-55H,28-33H2,1-2H3,(H,62,72)(H,63,71)/t40-,42-,43-,44-,45+,46+,47+,48-,54-,55-/m1/s1. The van der Waals surface area contributed by atoms with E-state index in [0.29, 0.717) is 5.56 Å². The van der Waals surface area contributed by atoms with Gasteiger partial charge in [0.15, 0.2) is 43.1 Å². The number of ether oxygens (including phenoxy) is 11. The molecule has 0 aromatic heterocycles. The Kier molecular flexibility index (Phi) is 22.9. The molecule has 0 aliphatic carbocycles. The lowest BCUT2D eigenvalue weighted by Gasteiger charge is -2.49. The van der Waals surface area contributed by atoms with Crippen molar-refractivity contribution in [2.45, 2.75) is 91.5 Å². The maximum atomic E-state index is 14.4. The van der Waals surface area contributed by atoms with E-state index in [-0.39, 0.29) is 41.8 Å². The Morgan fingerprint density at radius 1 is 0.542 bits per heavy atom. The Morgan fingerprint density at radius 3 is 1.54 bits per heavy atom. The molecule has 0 unspecified atom stereocenters. The van der Waals surface area contributed by atoms with Crippen LogP contribution in [0.1, 0.15) is 66.8 Å². The van der Waals surface area contributed by atoms with Crippen LogP contribution in [0.25, 0.3) is 0 Å². The molecular weight excluding hydrogens is 1150 g/mol. The van der Waals surface area contributed by atoms with Crippen LogP contribution >= 0.6 is 34.8 Å². The van der Waals surface area contributed by atoms with Gasteiger partial charge in [-0.05, 0) is 61.0 Å². The zero-order valence-electron chi connectivity index (χ0n) is 44.2. The highest BCUT2D eigenvalue weighted by Crippen LogP contribution is 2.37. The van der Waals surface area contributed by atoms with Crippen molar-refractivity contribution in [2.24, 2.45) is 0 Å². The molecule has 2 amide bonds. The smallest absolute Gasteiger partial charge is 0.407 e. The van der Waals surface area contributed by atoms with Crippen LogP contribution in [-0.2, 0) is 77.9 Å². The summed E-state index contributed by atoms with van der Waals surface area (Å²) in [5, 5.41) is 5.01. The number of amides is 2. The average molecular weight is 1210 g/mol. The van der Waals surface area contributed by atoms with E-state index in [2.05, 4.69) is 10.6 Å². The van der Waals surface area contributed by atoms with E-state index >= 15 is 0 Å². The first-order valence-corrected chi connectivity index (χ1v) is 26.7. The van der Waals surface area contributed by atoms with Crippen LogP contribution in [0.3, 0.4) is 0 Å². The van der Waals surface area contributed by atoms with Gasteiger partial charge in [0.2, 0.25) is 0 Å². The molecule has 438 valence electrons. The summed E-state index contributed by atoms with van der Waals surface area (Å²) in [7, 11) is 0.948. The average Bonchev–Trinajstić information content (AvgIpc) is 3.69. The molecule has 25 heteroatoms. The molecule has 0 bridgehead atoms. The van der Waals surface area contributed by atoms with Crippen LogP contribution in [0.2, 0.25) is 0 Å². The Labute approximate surface area is 490 Å². The third kappa shape index (κ3) is 18.0. The van der Waals surface area contributed by atoms with E-state index in [1.165, 1.54) is 91.9 Å². The SMILES string of the molecule is COC(=O)[C@H]1O[C@@H](O[C@@H]2[C@@H](NC(=O)C(Cl)(Cl)Cl)[C@H](OCCNC(=O)OCc3ccccc3)O[C@H](COC(=O)c3ccccc3)[C@H]2OC(=O)c2ccccc2)[C@H](OC(=O)c2ccccc2)[C@@H](OC(=O)c2ccccc2)[C@@H]1OC(=O)CCC(C)=O. The van der Waals surface area contributed by atoms with Gasteiger partial charge in [-0.3, -0.25) is 9.59 Å². The van der Waals surface area contributed by atoms with Crippen LogP contribution in [0.5, 0.6) is 0 Å². The number of hydrogen-bond donors (Lipinski definition) is 2. The van der Waals surface area contributed by atoms with Crippen LogP contribution in [-0.4, -0.2) is 146 Å². The third-order valence-electron chi connectivity index (χ3n) is 12.4. The molecule has 5 aromatic rings. The highest BCUT2D eigenvalue weighted by molar-refractivity contribution is 6.76. The highest BCUT2D eigenvalue weighted by Gasteiger charge is 2.59. The van der Waals surface area contributed by atoms with Crippen molar-refractivity contribution in [1.29, 1.82) is 0 Å². The lowest BCUT2D eigenvalue weighted by atomic mass is 9.94. The van der Waals surface area contributed by atoms with Gasteiger partial charge in [-0.1, -0.05) is 138 Å². The molecule has 0 saturated carbocycles. The number of alkyl halides is 3. The summed E-state index contributed by atoms with van der Waals surface area (Å²) in [4.78, 5) is 123. The van der Waals surface area contributed by atoms with Crippen LogP contribution < -0.4 is 10.6 Å². The minimum absolute atomic E-state index is 0.0478. The maximum absolute atomic E-state index is 14.4. The number of benzene rings is 5. The third-order valence-corrected chi connectivity index (χ3v) is 12.9. The minimum atomic E-state index is -2.77. The van der Waals surface area contributed by atoms with Gasteiger partial charge in [-0.15, -0.1) is 0 Å². The molecule has 0 radical (unpaired) electrons. The second-order valence-corrected chi connectivity index (χ2v) is 20.6. The molecule has 2 aliphatic rings. The van der Waals surface area contributed by atoms with Gasteiger partial charge in [0, 0.05) is 13.0 Å². The monoisotopic (exact) mass is 1200 g/mol. The van der Waals surface area contributed by atoms with Crippen molar-refractivity contribution >= 4 is 88.4 Å². The van der Waals surface area contributed by atoms with Crippen LogP contribution in [0, 0.1) is 0 Å². The number of esters is 6. The van der Waals surface area contributed by atoms with E-state index in [1.807, 2.05) is 0 Å². The molecule has 0 spiro atoms. The molecule has 2 N–H and O–H groups in total. The summed E-state index contributed by atoms with van der Waals surface area (Å²) in [6.45, 7) is -0.410. The Balaban J connectivity index is 1.37. The van der Waals surface area contributed by atoms with Crippen molar-refractivity contribution < 1.29 is 95.3 Å². The lowest BCUT2D eigenvalue weighted by molar-refractivity contribution is -0.339. The Morgan fingerprint density at radius 2 is 1.04 bits per heavy atom. The molecule has 22 nitrogen and oxygen atoms in total. The fraction of sp³-hybridized carbons (Fsp3) is 0.328. The van der Waals surface area contributed by atoms with Gasteiger partial charge in [-0.2, -0.15) is 0 Å². The Hall–Kier alpha value is -7.96. The van der Waals surface area contributed by atoms with Gasteiger partial charge < -0.3 is 67.5 Å². The molecule has 2 fully saturated rings. The zero-order chi connectivity index (χ0) is 59.5. The number of ketones is 1. The predicted octanol–water partition coefficient (Wildman–Crippen LogP) is 6.61. The van der Waals surface area contributed by atoms with E-state index in [4.69, 9.17) is 86.9 Å². The number of carbonyl (C=O) groups is 9. The lowest BCUT2D eigenvalue weighted by Crippen LogP contribution is -2.70. The van der Waals surface area contributed by atoms with Gasteiger partial charge in [0.05, 0.1) is 42.4 Å². The second-order valence-electron chi connectivity index (χ2n) is 18.3. The second kappa shape index (κ2) is 30.4. The first-order valence-electron chi connectivity index (χ1n) is 25.6. The maximum Gasteiger partial charge on any atom is 0.407 e. The molecule has 5 aromatic carbocycles. The minimum Gasteiger partial charge on any atom is -0.467 e. The van der Waals surface area contributed by atoms with E-state index in [1.54, 1.807) is 66.7 Å². The summed E-state index contributed by atoms with van der Waals surface area (Å²) in [5.41, 5.74) is 0.547. The summed E-state index contributed by atoms with van der Waals surface area (Å²) < 4.78 is 63.5. The number of Topliss-reactive ketones (excluding diaryl/α,β-unsaturated/α-hetero) is 1. The normalized spacial score (nSPS) is 22.0. The van der Waals surface area contributed by atoms with Gasteiger partial charge in [0.1, 0.15) is 37.2 Å². The van der Waals surface area contributed by atoms with Crippen molar-refractivity contribution in [3.05, 3.63) is 179 Å². The molecule has 10 atom stereocenters. The fourth-order valence-corrected chi connectivity index (χ4v) is 8.51. The number of halogens is 3. The van der Waals surface area contributed by atoms with Gasteiger partial charge in [-0.25, -0.2) is 28.8 Å². The van der Waals surface area contributed by atoms with Gasteiger partial charge >= 0.3 is 41.9 Å². The number of hydrogen-bond acceptors (Lipinski definition) is 20. The van der Waals surface area contributed by atoms with Crippen molar-refractivity contribution in [3.63, 3.8) is 0 Å². The highest BCUT2D eigenvalue weighted by atomic mass is 35.6. The van der Waals surface area contributed by atoms with Crippen molar-refractivity contribution in [2.75, 3.05) is 26.9 Å². The topological polar surface area (TPSA) is 279 Å². The first kappa shape index (κ1) is 62.6. The molecule has 2 heterocycles.